The number of nitrogen functional groups attached to an aromatic ring is 1. The number of aromatic nitrogens is 1. The van der Waals surface area contributed by atoms with Gasteiger partial charge in [-0.2, -0.15) is 0 Å². The Balaban J connectivity index is 2.06. The molecule has 0 radical (unpaired) electrons. The van der Waals surface area contributed by atoms with E-state index in [1.54, 1.807) is 0 Å². The summed E-state index contributed by atoms with van der Waals surface area (Å²) >= 11 is 1.33. The van der Waals surface area contributed by atoms with Crippen LogP contribution in [0.5, 0.6) is 5.75 Å². The van der Waals surface area contributed by atoms with Crippen LogP contribution in [0.3, 0.4) is 0 Å². The Morgan fingerprint density at radius 2 is 2.17 bits per heavy atom. The van der Waals surface area contributed by atoms with Crippen molar-refractivity contribution in [3.63, 3.8) is 0 Å². The quantitative estimate of drug-likeness (QED) is 0.735. The number of nitrogens with one attached hydrogen (secondary N) is 1. The number of amides is 1. The third kappa shape index (κ3) is 3.01. The summed E-state index contributed by atoms with van der Waals surface area (Å²) in [5.41, 5.74) is 7.58. The van der Waals surface area contributed by atoms with Gasteiger partial charge < -0.3 is 15.8 Å². The highest BCUT2D eigenvalue weighted by Gasteiger charge is 2.19. The number of nitrogens with two attached hydrogens (primary N) is 1. The molecule has 0 bridgehead atoms. The fourth-order valence-electron chi connectivity index (χ4n) is 2.50. The van der Waals surface area contributed by atoms with Gasteiger partial charge >= 0.3 is 0 Å². The first kappa shape index (κ1) is 16.5. The topological polar surface area (TPSA) is 77.2 Å². The summed E-state index contributed by atoms with van der Waals surface area (Å²) in [6.07, 6.45) is 0.874. The minimum absolute atomic E-state index is 0.114. The van der Waals surface area contributed by atoms with Gasteiger partial charge in [-0.3, -0.25) is 4.79 Å². The minimum atomic E-state index is -0.135. The molecule has 0 aliphatic carbocycles. The Labute approximate surface area is 144 Å². The van der Waals surface area contributed by atoms with E-state index >= 15 is 0 Å². The van der Waals surface area contributed by atoms with Crippen molar-refractivity contribution in [2.45, 2.75) is 33.2 Å². The predicted molar refractivity (Wildman–Crippen MR) is 99.9 cm³/mol. The van der Waals surface area contributed by atoms with Crippen molar-refractivity contribution in [3.8, 4) is 5.75 Å². The number of fused-ring (bicyclic) bond motifs is 2. The largest absolute Gasteiger partial charge is 0.494 e. The van der Waals surface area contributed by atoms with Gasteiger partial charge in [0.25, 0.3) is 5.91 Å². The second kappa shape index (κ2) is 6.65. The summed E-state index contributed by atoms with van der Waals surface area (Å²) in [6.45, 7) is 6.57. The van der Waals surface area contributed by atoms with Gasteiger partial charge in [-0.15, -0.1) is 11.3 Å². The van der Waals surface area contributed by atoms with E-state index in [2.05, 4.69) is 10.3 Å². The van der Waals surface area contributed by atoms with Crippen LogP contribution >= 0.6 is 11.3 Å². The van der Waals surface area contributed by atoms with Crippen molar-refractivity contribution in [1.29, 1.82) is 0 Å². The summed E-state index contributed by atoms with van der Waals surface area (Å²) in [6, 6.07) is 7.86. The molecule has 0 aliphatic heterocycles. The monoisotopic (exact) mass is 343 g/mol. The molecule has 0 aliphatic rings. The number of carbonyl (C=O) groups excluding carboxylic acids is 1. The second-order valence-corrected chi connectivity index (χ2v) is 6.76. The lowest BCUT2D eigenvalue weighted by Crippen LogP contribution is -2.31. The molecule has 5 nitrogen and oxygen atoms in total. The lowest BCUT2D eigenvalue weighted by molar-refractivity contribution is 0.0944. The smallest absolute Gasteiger partial charge is 0.263 e. The number of anilines is 1. The summed E-state index contributed by atoms with van der Waals surface area (Å²) in [5, 5.41) is 4.72. The van der Waals surface area contributed by atoms with Gasteiger partial charge in [-0.25, -0.2) is 4.98 Å². The van der Waals surface area contributed by atoms with Gasteiger partial charge in [0.15, 0.2) is 0 Å². The van der Waals surface area contributed by atoms with Crippen LogP contribution in [-0.4, -0.2) is 23.5 Å². The van der Waals surface area contributed by atoms with Crippen LogP contribution in [0, 0.1) is 0 Å². The van der Waals surface area contributed by atoms with Gasteiger partial charge in [0.1, 0.15) is 15.5 Å². The number of rotatable bonds is 5. The molecule has 3 aromatic rings. The van der Waals surface area contributed by atoms with Crippen LogP contribution < -0.4 is 15.8 Å². The maximum absolute atomic E-state index is 12.4. The van der Waals surface area contributed by atoms with E-state index in [4.69, 9.17) is 10.5 Å². The van der Waals surface area contributed by atoms with Gasteiger partial charge in [-0.1, -0.05) is 6.92 Å². The predicted octanol–water partition coefficient (Wildman–Crippen LogP) is 3.96. The van der Waals surface area contributed by atoms with E-state index in [1.807, 2.05) is 45.0 Å². The number of hydrogen-bond donors (Lipinski definition) is 2. The summed E-state index contributed by atoms with van der Waals surface area (Å²) in [4.78, 5) is 18.4. The average molecular weight is 343 g/mol. The molecule has 3 rings (SSSR count). The van der Waals surface area contributed by atoms with Crippen molar-refractivity contribution in [2.75, 3.05) is 12.3 Å². The third-order valence-corrected chi connectivity index (χ3v) is 5.11. The lowest BCUT2D eigenvalue weighted by Gasteiger charge is -2.10. The molecule has 0 saturated carbocycles. The van der Waals surface area contributed by atoms with E-state index in [9.17, 15) is 4.79 Å². The van der Waals surface area contributed by atoms with Gasteiger partial charge in [-0.05, 0) is 44.5 Å². The number of nitrogens with zero attached hydrogens (tertiary/aromatic N) is 1. The normalized spacial score (nSPS) is 12.5. The molecule has 1 amide bonds. The van der Waals surface area contributed by atoms with Crippen LogP contribution in [0.1, 0.15) is 36.9 Å². The molecular formula is C18H21N3O2S. The fraction of sp³-hybridized carbons (Fsp3) is 0.333. The van der Waals surface area contributed by atoms with Crippen molar-refractivity contribution >= 4 is 44.1 Å². The number of ether oxygens (including phenoxy) is 1. The molecule has 2 heterocycles. The maximum atomic E-state index is 12.4. The van der Waals surface area contributed by atoms with Gasteiger partial charge in [0.2, 0.25) is 0 Å². The van der Waals surface area contributed by atoms with Crippen LogP contribution in [0.25, 0.3) is 21.1 Å². The van der Waals surface area contributed by atoms with Crippen LogP contribution in [0.2, 0.25) is 0 Å². The standard InChI is InChI=1S/C18H21N3O2S/c1-4-10(3)20-17(22)16-15(19)13-9-11-8-12(23-5-2)6-7-14(11)21-18(13)24-16/h6-10H,4-5,19H2,1-3H3,(H,20,22). The van der Waals surface area contributed by atoms with E-state index in [1.165, 1.54) is 11.3 Å². The molecule has 1 aromatic carbocycles. The highest BCUT2D eigenvalue weighted by atomic mass is 32.1. The Hall–Kier alpha value is -2.34. The van der Waals surface area contributed by atoms with Crippen LogP contribution in [0.15, 0.2) is 24.3 Å². The molecule has 2 aromatic heterocycles. The summed E-state index contributed by atoms with van der Waals surface area (Å²) in [7, 11) is 0. The Morgan fingerprint density at radius 1 is 1.38 bits per heavy atom. The first-order chi connectivity index (χ1) is 11.5. The molecule has 3 N–H and O–H groups in total. The first-order valence-electron chi connectivity index (χ1n) is 8.09. The molecule has 0 saturated heterocycles. The molecule has 6 heteroatoms. The van der Waals surface area contributed by atoms with Gasteiger partial charge in [0, 0.05) is 16.8 Å². The van der Waals surface area contributed by atoms with Crippen molar-refractivity contribution in [3.05, 3.63) is 29.1 Å². The Bertz CT molecular complexity index is 904. The SMILES string of the molecule is CCOc1ccc2nc3sc(C(=O)NC(C)CC)c(N)c3cc2c1. The fourth-order valence-corrected chi connectivity index (χ4v) is 3.49. The molecule has 1 atom stereocenters. The minimum Gasteiger partial charge on any atom is -0.494 e. The van der Waals surface area contributed by atoms with E-state index < -0.39 is 0 Å². The third-order valence-electron chi connectivity index (χ3n) is 3.99. The van der Waals surface area contributed by atoms with E-state index in [-0.39, 0.29) is 11.9 Å². The zero-order valence-electron chi connectivity index (χ0n) is 14.1. The summed E-state index contributed by atoms with van der Waals surface area (Å²) in [5.74, 6) is 0.665. The van der Waals surface area contributed by atoms with Crippen LogP contribution in [-0.2, 0) is 0 Å². The maximum Gasteiger partial charge on any atom is 0.263 e. The zero-order valence-corrected chi connectivity index (χ0v) is 14.9. The lowest BCUT2D eigenvalue weighted by atomic mass is 10.1. The molecule has 1 unspecified atom stereocenters. The molecule has 0 fully saturated rings. The molecular weight excluding hydrogens is 322 g/mol. The Morgan fingerprint density at radius 3 is 2.88 bits per heavy atom. The highest BCUT2D eigenvalue weighted by Crippen LogP contribution is 2.35. The number of carbonyl (C=O) groups is 1. The first-order valence-corrected chi connectivity index (χ1v) is 8.91. The van der Waals surface area contributed by atoms with Crippen molar-refractivity contribution in [2.24, 2.45) is 0 Å². The summed E-state index contributed by atoms with van der Waals surface area (Å²) < 4.78 is 5.54. The number of thiophene rings is 1. The average Bonchev–Trinajstić information content (AvgIpc) is 2.89. The number of hydrogen-bond acceptors (Lipinski definition) is 5. The van der Waals surface area contributed by atoms with E-state index in [0.717, 1.165) is 33.3 Å². The number of pyridine rings is 1. The highest BCUT2D eigenvalue weighted by molar-refractivity contribution is 7.21. The molecule has 126 valence electrons. The molecule has 24 heavy (non-hydrogen) atoms. The number of benzene rings is 1. The van der Waals surface area contributed by atoms with Crippen molar-refractivity contribution in [1.82, 2.24) is 10.3 Å². The molecule has 0 spiro atoms. The van der Waals surface area contributed by atoms with E-state index in [0.29, 0.717) is 17.2 Å². The Kier molecular flexibility index (Phi) is 4.57. The van der Waals surface area contributed by atoms with Crippen LogP contribution in [0.4, 0.5) is 5.69 Å². The zero-order chi connectivity index (χ0) is 17.3. The second-order valence-electron chi connectivity index (χ2n) is 5.76. The van der Waals surface area contributed by atoms with Gasteiger partial charge in [0.05, 0.1) is 17.8 Å². The van der Waals surface area contributed by atoms with Crippen molar-refractivity contribution < 1.29 is 9.53 Å².